The molecular formula is C28H20F7N5. The molecule has 0 saturated carbocycles. The third-order valence-corrected chi connectivity index (χ3v) is 6.73. The highest BCUT2D eigenvalue weighted by atomic mass is 19.4. The first-order valence-corrected chi connectivity index (χ1v) is 12.2. The quantitative estimate of drug-likeness (QED) is 0.257. The highest BCUT2D eigenvalue weighted by Crippen LogP contribution is 2.42. The third-order valence-electron chi connectivity index (χ3n) is 6.73. The Balaban J connectivity index is 1.69. The molecule has 0 unspecified atom stereocenters. The van der Waals surface area contributed by atoms with Crippen LogP contribution in [0.5, 0.6) is 0 Å². The van der Waals surface area contributed by atoms with Gasteiger partial charge in [0.25, 0.3) is 0 Å². The van der Waals surface area contributed by atoms with Crippen molar-refractivity contribution in [2.75, 3.05) is 25.0 Å². The smallest absolute Gasteiger partial charge is 0.354 e. The van der Waals surface area contributed by atoms with Crippen LogP contribution < -0.4 is 10.6 Å². The van der Waals surface area contributed by atoms with Crippen LogP contribution >= 0.6 is 0 Å². The lowest BCUT2D eigenvalue weighted by Gasteiger charge is -2.17. The maximum Gasteiger partial charge on any atom is 0.417 e. The van der Waals surface area contributed by atoms with Gasteiger partial charge in [-0.1, -0.05) is 12.1 Å². The fourth-order valence-electron chi connectivity index (χ4n) is 4.68. The summed E-state index contributed by atoms with van der Waals surface area (Å²) in [6, 6.07) is 10.6. The van der Waals surface area contributed by atoms with Gasteiger partial charge in [0.1, 0.15) is 11.9 Å². The second-order valence-corrected chi connectivity index (χ2v) is 9.43. The lowest BCUT2D eigenvalue weighted by molar-refractivity contribution is -0.141. The van der Waals surface area contributed by atoms with Crippen LogP contribution in [0.1, 0.15) is 23.1 Å². The van der Waals surface area contributed by atoms with Crippen molar-refractivity contribution >= 4 is 16.9 Å². The van der Waals surface area contributed by atoms with E-state index >= 15 is 0 Å². The van der Waals surface area contributed by atoms with Crippen molar-refractivity contribution in [3.05, 3.63) is 77.1 Å². The van der Waals surface area contributed by atoms with E-state index in [2.05, 4.69) is 20.6 Å². The van der Waals surface area contributed by atoms with Gasteiger partial charge in [-0.15, -0.1) is 0 Å². The number of hydrogen-bond acceptors (Lipinski definition) is 5. The van der Waals surface area contributed by atoms with E-state index < -0.39 is 34.9 Å². The molecule has 1 atom stereocenters. The molecule has 5 nitrogen and oxygen atoms in total. The average molecular weight is 559 g/mol. The predicted octanol–water partition coefficient (Wildman–Crippen LogP) is 7.03. The molecule has 5 rings (SSSR count). The second kappa shape index (κ2) is 10.4. The first-order chi connectivity index (χ1) is 18.9. The number of nitrogens with one attached hydrogen (secondary N) is 2. The van der Waals surface area contributed by atoms with Gasteiger partial charge in [-0.2, -0.15) is 31.6 Å². The van der Waals surface area contributed by atoms with Crippen molar-refractivity contribution in [3.63, 3.8) is 0 Å². The molecule has 0 spiro atoms. The molecule has 2 N–H and O–H groups in total. The van der Waals surface area contributed by atoms with Gasteiger partial charge in [0.05, 0.1) is 27.9 Å². The van der Waals surface area contributed by atoms with Crippen LogP contribution in [0, 0.1) is 23.1 Å². The molecule has 40 heavy (non-hydrogen) atoms. The number of nitriles is 1. The van der Waals surface area contributed by atoms with Crippen LogP contribution in [-0.2, 0) is 12.4 Å². The maximum absolute atomic E-state index is 14.6. The number of anilines is 1. The Bertz CT molecular complexity index is 1620. The number of benzene rings is 3. The van der Waals surface area contributed by atoms with Gasteiger partial charge in [0.2, 0.25) is 5.95 Å². The zero-order chi connectivity index (χ0) is 28.7. The van der Waals surface area contributed by atoms with Gasteiger partial charge in [-0.25, -0.2) is 14.4 Å². The minimum Gasteiger partial charge on any atom is -0.354 e. The number of fused-ring (bicyclic) bond motifs is 1. The molecule has 0 amide bonds. The van der Waals surface area contributed by atoms with E-state index in [9.17, 15) is 30.7 Å². The van der Waals surface area contributed by atoms with Gasteiger partial charge in [-0.05, 0) is 79.0 Å². The van der Waals surface area contributed by atoms with E-state index in [1.54, 1.807) is 6.07 Å². The zero-order valence-corrected chi connectivity index (χ0v) is 20.6. The normalized spacial score (nSPS) is 15.8. The van der Waals surface area contributed by atoms with Crippen LogP contribution in [0.2, 0.25) is 0 Å². The molecule has 4 aromatic rings. The molecule has 12 heteroatoms. The molecule has 1 aromatic heterocycles. The maximum atomic E-state index is 14.6. The van der Waals surface area contributed by atoms with Crippen LogP contribution in [0.25, 0.3) is 33.3 Å². The number of halogens is 7. The Kier molecular flexibility index (Phi) is 7.10. The topological polar surface area (TPSA) is 73.6 Å². The minimum atomic E-state index is -4.92. The summed E-state index contributed by atoms with van der Waals surface area (Å²) in [6.07, 6.45) is -8.84. The average Bonchev–Trinajstić information content (AvgIpc) is 3.43. The van der Waals surface area contributed by atoms with E-state index in [4.69, 9.17) is 5.26 Å². The molecule has 3 aromatic carbocycles. The Hall–Kier alpha value is -4.24. The first-order valence-electron chi connectivity index (χ1n) is 12.2. The first kappa shape index (κ1) is 27.3. The Labute approximate surface area is 223 Å². The fourth-order valence-corrected chi connectivity index (χ4v) is 4.68. The fraction of sp³-hybridized carbons (Fsp3) is 0.250. The van der Waals surface area contributed by atoms with Crippen molar-refractivity contribution in [1.82, 2.24) is 15.3 Å². The van der Waals surface area contributed by atoms with E-state index in [0.29, 0.717) is 30.7 Å². The van der Waals surface area contributed by atoms with Crippen molar-refractivity contribution in [1.29, 1.82) is 5.26 Å². The number of hydrogen-bond donors (Lipinski definition) is 2. The van der Waals surface area contributed by atoms with E-state index in [0.717, 1.165) is 25.6 Å². The molecule has 2 heterocycles. The van der Waals surface area contributed by atoms with E-state index in [1.165, 1.54) is 30.3 Å². The summed E-state index contributed by atoms with van der Waals surface area (Å²) >= 11 is 0. The number of aromatic nitrogens is 2. The molecule has 0 radical (unpaired) electrons. The van der Waals surface area contributed by atoms with Gasteiger partial charge < -0.3 is 10.6 Å². The monoisotopic (exact) mass is 559 g/mol. The molecule has 1 aliphatic heterocycles. The van der Waals surface area contributed by atoms with Crippen molar-refractivity contribution in [2.45, 2.75) is 18.8 Å². The van der Waals surface area contributed by atoms with Gasteiger partial charge in [-0.3, -0.25) is 0 Å². The Morgan fingerprint density at radius 2 is 1.70 bits per heavy atom. The lowest BCUT2D eigenvalue weighted by atomic mass is 9.94. The second-order valence-electron chi connectivity index (χ2n) is 9.43. The van der Waals surface area contributed by atoms with Gasteiger partial charge >= 0.3 is 12.4 Å². The van der Waals surface area contributed by atoms with Crippen LogP contribution in [-0.4, -0.2) is 29.6 Å². The lowest BCUT2D eigenvalue weighted by Crippen LogP contribution is -2.18. The summed E-state index contributed by atoms with van der Waals surface area (Å²) in [5.41, 5.74) is -2.87. The highest BCUT2D eigenvalue weighted by Gasteiger charge is 2.37. The van der Waals surface area contributed by atoms with Gasteiger partial charge in [0.15, 0.2) is 0 Å². The largest absolute Gasteiger partial charge is 0.417 e. The van der Waals surface area contributed by atoms with Crippen LogP contribution in [0.3, 0.4) is 0 Å². The number of alkyl halides is 6. The molecule has 0 aliphatic carbocycles. The highest BCUT2D eigenvalue weighted by molar-refractivity contribution is 5.96. The van der Waals surface area contributed by atoms with E-state index in [1.807, 2.05) is 0 Å². The Morgan fingerprint density at radius 3 is 2.35 bits per heavy atom. The molecule has 1 saturated heterocycles. The summed E-state index contributed by atoms with van der Waals surface area (Å²) in [7, 11) is 0. The van der Waals surface area contributed by atoms with E-state index in [-0.39, 0.29) is 39.2 Å². The Morgan fingerprint density at radius 1 is 0.925 bits per heavy atom. The summed E-state index contributed by atoms with van der Waals surface area (Å²) in [5, 5.41) is 15.7. The summed E-state index contributed by atoms with van der Waals surface area (Å²) in [4.78, 5) is 8.95. The van der Waals surface area contributed by atoms with Crippen molar-refractivity contribution in [2.24, 2.45) is 5.92 Å². The van der Waals surface area contributed by atoms with Crippen molar-refractivity contribution in [3.8, 4) is 28.5 Å². The van der Waals surface area contributed by atoms with Crippen LogP contribution in [0.4, 0.5) is 36.7 Å². The minimum absolute atomic E-state index is 0.142. The number of nitrogens with zero attached hydrogens (tertiary/aromatic N) is 3. The molecule has 0 bridgehead atoms. The molecule has 206 valence electrons. The SMILES string of the molecule is N#Cc1ccc(-c2nc(NC[C@H]3CCNC3)nc3ccc(-c4cc(C(F)(F)F)ccc4C(F)(F)F)cc23)cc1F. The summed E-state index contributed by atoms with van der Waals surface area (Å²) in [5.74, 6) is -0.312. The number of rotatable bonds is 5. The predicted molar refractivity (Wildman–Crippen MR) is 135 cm³/mol. The molecule has 1 fully saturated rings. The van der Waals surface area contributed by atoms with Gasteiger partial charge in [0, 0.05) is 17.5 Å². The summed E-state index contributed by atoms with van der Waals surface area (Å²) in [6.45, 7) is 2.21. The van der Waals surface area contributed by atoms with Crippen molar-refractivity contribution < 1.29 is 30.7 Å². The standard InChI is InChI=1S/C28H20F7N5/c29-23-10-17(1-2-18(23)12-36)25-21-9-16(20-11-19(27(30,31)32)4-5-22(20)28(33,34)35)3-6-24(21)39-26(40-25)38-14-15-7-8-37-13-15/h1-6,9-11,15,37H,7-8,13-14H2,(H,38,39,40)/t15-/m0/s1. The summed E-state index contributed by atoms with van der Waals surface area (Å²) < 4.78 is 96.2. The molecule has 1 aliphatic rings. The molecular weight excluding hydrogens is 539 g/mol. The zero-order valence-electron chi connectivity index (χ0n) is 20.6. The van der Waals surface area contributed by atoms with Crippen LogP contribution in [0.15, 0.2) is 54.6 Å². The third kappa shape index (κ3) is 5.56.